The van der Waals surface area contributed by atoms with Crippen LogP contribution < -0.4 is 9.80 Å². The van der Waals surface area contributed by atoms with E-state index in [1.54, 1.807) is 4.90 Å². The lowest BCUT2D eigenvalue weighted by molar-refractivity contribution is 1.18. The summed E-state index contributed by atoms with van der Waals surface area (Å²) < 4.78 is 40.5. The third-order valence-corrected chi connectivity index (χ3v) is 11.4. The van der Waals surface area contributed by atoms with Crippen molar-refractivity contribution in [1.29, 1.82) is 0 Å². The van der Waals surface area contributed by atoms with Crippen LogP contribution in [0.2, 0.25) is 0 Å². The van der Waals surface area contributed by atoms with E-state index in [0.29, 0.717) is 5.56 Å². The molecule has 0 fully saturated rings. The fourth-order valence-corrected chi connectivity index (χ4v) is 8.64. The molecule has 0 aliphatic carbocycles. The summed E-state index contributed by atoms with van der Waals surface area (Å²) in [7, 11) is 0. The van der Waals surface area contributed by atoms with Crippen molar-refractivity contribution >= 4 is 66.7 Å². The lowest BCUT2D eigenvalue weighted by Crippen LogP contribution is -2.10. The third kappa shape index (κ3) is 6.59. The number of hydrogen-bond acceptors (Lipinski definition) is 2. The maximum absolute atomic E-state index is 9.58. The summed E-state index contributed by atoms with van der Waals surface area (Å²) in [6.45, 7) is 0. The van der Waals surface area contributed by atoms with Crippen molar-refractivity contribution in [2.45, 2.75) is 0 Å². The molecule has 1 heterocycles. The number of anilines is 6. The van der Waals surface area contributed by atoms with Crippen LogP contribution >= 0.6 is 0 Å². The number of rotatable bonds is 9. The van der Waals surface area contributed by atoms with Gasteiger partial charge in [-0.2, -0.15) is 0 Å². The molecule has 11 rings (SSSR count). The highest BCUT2D eigenvalue weighted by atomic mass is 15.1. The second-order valence-corrected chi connectivity index (χ2v) is 15.0. The fourth-order valence-electron chi connectivity index (χ4n) is 8.64. The van der Waals surface area contributed by atoms with Gasteiger partial charge < -0.3 is 14.4 Å². The van der Waals surface area contributed by atoms with Gasteiger partial charge in [-0.15, -0.1) is 0 Å². The van der Waals surface area contributed by atoms with Crippen molar-refractivity contribution in [3.8, 4) is 27.9 Å². The van der Waals surface area contributed by atoms with Gasteiger partial charge in [0.2, 0.25) is 0 Å². The summed E-state index contributed by atoms with van der Waals surface area (Å²) >= 11 is 0. The van der Waals surface area contributed by atoms with Crippen LogP contribution in [-0.2, 0) is 0 Å². The van der Waals surface area contributed by atoms with E-state index in [0.717, 1.165) is 77.8 Å². The lowest BCUT2D eigenvalue weighted by Gasteiger charge is -2.28. The average Bonchev–Trinajstić information content (AvgIpc) is 3.70. The molecule has 0 N–H and O–H groups in total. The van der Waals surface area contributed by atoms with Gasteiger partial charge >= 0.3 is 0 Å². The summed E-state index contributed by atoms with van der Waals surface area (Å²) in [5, 5.41) is 3.99. The summed E-state index contributed by atoms with van der Waals surface area (Å²) in [6.07, 6.45) is 0. The largest absolute Gasteiger partial charge is 0.311 e. The quantitative estimate of drug-likeness (QED) is 0.144. The molecule has 0 aliphatic rings. The SMILES string of the molecule is [2H]c1c([2H])c(N(c2ccccc2)c2ccccc2)c([2H])c([2H])c1-c1cccc2c(N(c3ccc(-c4ccccc4)cc3)c3ccc4c(c3)c3ccccc3n4-c3ccccc3)cccc12. The molecule has 0 spiro atoms. The van der Waals surface area contributed by atoms with Gasteiger partial charge in [0.15, 0.2) is 0 Å². The highest BCUT2D eigenvalue weighted by molar-refractivity contribution is 6.12. The zero-order valence-electron chi connectivity index (χ0n) is 37.2. The van der Waals surface area contributed by atoms with Gasteiger partial charge in [0.1, 0.15) is 0 Å². The Morgan fingerprint density at radius 3 is 1.54 bits per heavy atom. The van der Waals surface area contributed by atoms with Gasteiger partial charge in [-0.05, 0) is 119 Å². The molecule has 288 valence electrons. The van der Waals surface area contributed by atoms with Crippen LogP contribution in [0.3, 0.4) is 0 Å². The van der Waals surface area contributed by atoms with Gasteiger partial charge in [0, 0.05) is 50.3 Å². The number of aromatic nitrogens is 1. The van der Waals surface area contributed by atoms with Gasteiger partial charge in [0.25, 0.3) is 0 Å². The molecule has 11 aromatic rings. The van der Waals surface area contributed by atoms with Crippen molar-refractivity contribution < 1.29 is 5.48 Å². The summed E-state index contributed by atoms with van der Waals surface area (Å²) in [6, 6.07) is 75.5. The summed E-state index contributed by atoms with van der Waals surface area (Å²) in [5.74, 6) is 0. The normalized spacial score (nSPS) is 12.2. The van der Waals surface area contributed by atoms with Gasteiger partial charge in [-0.1, -0.05) is 158 Å². The summed E-state index contributed by atoms with van der Waals surface area (Å²) in [5.41, 5.74) is 11.0. The number of fused-ring (bicyclic) bond motifs is 4. The first-order valence-corrected chi connectivity index (χ1v) is 20.5. The Hall–Kier alpha value is -8.14. The smallest absolute Gasteiger partial charge is 0.0645 e. The molecule has 0 saturated carbocycles. The molecule has 1 aromatic heterocycles. The maximum Gasteiger partial charge on any atom is 0.0645 e. The van der Waals surface area contributed by atoms with Crippen LogP contribution in [-0.4, -0.2) is 4.57 Å². The predicted molar refractivity (Wildman–Crippen MR) is 259 cm³/mol. The summed E-state index contributed by atoms with van der Waals surface area (Å²) in [4.78, 5) is 4.09. The van der Waals surface area contributed by atoms with Crippen molar-refractivity contribution in [3.63, 3.8) is 0 Å². The zero-order valence-corrected chi connectivity index (χ0v) is 33.2. The van der Waals surface area contributed by atoms with E-state index in [9.17, 15) is 5.48 Å². The van der Waals surface area contributed by atoms with Crippen molar-refractivity contribution in [2.75, 3.05) is 9.80 Å². The molecule has 0 saturated heterocycles. The van der Waals surface area contributed by atoms with E-state index < -0.39 is 0 Å². The average molecular weight is 784 g/mol. The standard InChI is InChI=1S/C58H41N3/c1-5-17-42(18-6-1)43-31-35-49(36-32-43)60(50-39-40-58-55(41-50)54-25-13-14-29-57(54)61(58)47-23-11-4-12-24-47)56-30-16-27-52-51(26-15-28-53(52)56)44-33-37-48(38-34-44)59(45-19-7-2-8-20-45)46-21-9-3-10-22-46/h1-41H/i33D,34D,37D,38D. The molecule has 61 heavy (non-hydrogen) atoms. The van der Waals surface area contributed by atoms with Gasteiger partial charge in [0.05, 0.1) is 22.2 Å². The van der Waals surface area contributed by atoms with Crippen molar-refractivity contribution in [3.05, 3.63) is 249 Å². The first-order chi connectivity index (χ1) is 32.0. The monoisotopic (exact) mass is 783 g/mol. The first kappa shape index (κ1) is 31.8. The molecule has 0 radical (unpaired) electrons. The van der Waals surface area contributed by atoms with Crippen LogP contribution in [0.15, 0.2) is 249 Å². The lowest BCUT2D eigenvalue weighted by atomic mass is 9.96. The molecule has 3 nitrogen and oxygen atoms in total. The van der Waals surface area contributed by atoms with Crippen LogP contribution in [0.1, 0.15) is 5.48 Å². The van der Waals surface area contributed by atoms with E-state index >= 15 is 0 Å². The Kier molecular flexibility index (Phi) is 8.11. The molecule has 0 aliphatic heterocycles. The van der Waals surface area contributed by atoms with Gasteiger partial charge in [-0.25, -0.2) is 0 Å². The Morgan fingerprint density at radius 2 is 0.836 bits per heavy atom. The topological polar surface area (TPSA) is 11.4 Å². The van der Waals surface area contributed by atoms with Crippen LogP contribution in [0, 0.1) is 0 Å². The molecule has 3 heteroatoms. The molecule has 0 unspecified atom stereocenters. The number of hydrogen-bond donors (Lipinski definition) is 0. The molecule has 0 atom stereocenters. The predicted octanol–water partition coefficient (Wildman–Crippen LogP) is 16.2. The molecular formula is C58H41N3. The maximum atomic E-state index is 9.58. The molecular weight excluding hydrogens is 739 g/mol. The van der Waals surface area contributed by atoms with E-state index in [4.69, 9.17) is 0 Å². The minimum Gasteiger partial charge on any atom is -0.311 e. The van der Waals surface area contributed by atoms with Gasteiger partial charge in [-0.3, -0.25) is 0 Å². The number of nitrogens with zero attached hydrogens (tertiary/aromatic N) is 3. The van der Waals surface area contributed by atoms with Crippen LogP contribution in [0.25, 0.3) is 60.5 Å². The van der Waals surface area contributed by atoms with Crippen LogP contribution in [0.4, 0.5) is 34.1 Å². The second kappa shape index (κ2) is 15.6. The van der Waals surface area contributed by atoms with E-state index in [1.165, 1.54) is 0 Å². The molecule has 0 amide bonds. The Labute approximate surface area is 361 Å². The van der Waals surface area contributed by atoms with E-state index in [1.807, 2.05) is 97.1 Å². The number of benzene rings is 10. The Morgan fingerprint density at radius 1 is 0.311 bits per heavy atom. The minimum absolute atomic E-state index is 0.107. The molecule has 0 bridgehead atoms. The minimum atomic E-state index is -0.120. The molecule has 10 aromatic carbocycles. The second-order valence-electron chi connectivity index (χ2n) is 15.0. The highest BCUT2D eigenvalue weighted by Crippen LogP contribution is 2.44. The number of para-hydroxylation sites is 4. The Bertz CT molecular complexity index is 3450. The van der Waals surface area contributed by atoms with E-state index in [-0.39, 0.29) is 35.4 Å². The first-order valence-electron chi connectivity index (χ1n) is 22.5. The fraction of sp³-hybridized carbons (Fsp3) is 0. The Balaban J connectivity index is 1.11. The van der Waals surface area contributed by atoms with Crippen LogP contribution in [0.5, 0.6) is 0 Å². The highest BCUT2D eigenvalue weighted by Gasteiger charge is 2.20. The van der Waals surface area contributed by atoms with E-state index in [2.05, 4.69) is 137 Å². The van der Waals surface area contributed by atoms with Crippen molar-refractivity contribution in [1.82, 2.24) is 4.57 Å². The van der Waals surface area contributed by atoms with Crippen molar-refractivity contribution in [2.24, 2.45) is 0 Å². The third-order valence-electron chi connectivity index (χ3n) is 11.4. The zero-order chi connectivity index (χ0) is 44.0.